The molecule has 0 spiro atoms. The summed E-state index contributed by atoms with van der Waals surface area (Å²) >= 11 is 0. The van der Waals surface area contributed by atoms with Gasteiger partial charge in [0.25, 0.3) is 0 Å². The van der Waals surface area contributed by atoms with Crippen molar-refractivity contribution in [2.24, 2.45) is 0 Å². The van der Waals surface area contributed by atoms with Gasteiger partial charge in [0.15, 0.2) is 0 Å². The van der Waals surface area contributed by atoms with Crippen molar-refractivity contribution in [3.05, 3.63) is 42.7 Å². The number of H-pyrrole nitrogens is 1. The van der Waals surface area contributed by atoms with Crippen molar-refractivity contribution in [3.63, 3.8) is 0 Å². The van der Waals surface area contributed by atoms with Gasteiger partial charge in [0.2, 0.25) is 15.9 Å². The van der Waals surface area contributed by atoms with E-state index in [-0.39, 0.29) is 23.8 Å². The highest BCUT2D eigenvalue weighted by molar-refractivity contribution is 7.89. The number of anilines is 1. The van der Waals surface area contributed by atoms with Crippen molar-refractivity contribution in [2.45, 2.75) is 11.3 Å². The summed E-state index contributed by atoms with van der Waals surface area (Å²) in [4.78, 5) is 15.7. The first kappa shape index (κ1) is 16.0. The predicted molar refractivity (Wildman–Crippen MR) is 86.6 cm³/mol. The molecule has 10 heteroatoms. The summed E-state index contributed by atoms with van der Waals surface area (Å²) in [5.74, 6) is -0.313. The first-order valence-electron chi connectivity index (χ1n) is 7.05. The Hall–Kier alpha value is -2.85. The van der Waals surface area contributed by atoms with Gasteiger partial charge in [0.1, 0.15) is 15.9 Å². The van der Waals surface area contributed by atoms with Gasteiger partial charge in [-0.25, -0.2) is 13.1 Å². The number of nitrogens with one attached hydrogen (secondary N) is 3. The first-order chi connectivity index (χ1) is 11.5. The molecule has 0 radical (unpaired) electrons. The van der Waals surface area contributed by atoms with Crippen LogP contribution in [0.3, 0.4) is 0 Å². The summed E-state index contributed by atoms with van der Waals surface area (Å²) in [7, 11) is -3.66. The smallest absolute Gasteiger partial charge is 0.242 e. The van der Waals surface area contributed by atoms with Gasteiger partial charge in [-0.1, -0.05) is 0 Å². The van der Waals surface area contributed by atoms with Crippen LogP contribution in [0, 0.1) is 0 Å². The summed E-state index contributed by atoms with van der Waals surface area (Å²) in [6, 6.07) is 8.06. The van der Waals surface area contributed by atoms with Crippen LogP contribution < -0.4 is 10.0 Å². The van der Waals surface area contributed by atoms with E-state index in [1.165, 1.54) is 24.5 Å². The highest BCUT2D eigenvalue weighted by Crippen LogP contribution is 2.14. The lowest BCUT2D eigenvalue weighted by Gasteiger charge is -2.07. The molecule has 9 nitrogen and oxygen atoms in total. The number of aromatic amines is 1. The number of rotatable bonds is 6. The molecule has 0 saturated heterocycles. The van der Waals surface area contributed by atoms with Crippen molar-refractivity contribution in [2.75, 3.05) is 11.9 Å². The second kappa shape index (κ2) is 6.72. The molecular formula is C14H14N6O3S. The van der Waals surface area contributed by atoms with Crippen LogP contribution in [-0.2, 0) is 14.8 Å². The normalized spacial score (nSPS) is 11.5. The molecule has 2 heterocycles. The average molecular weight is 346 g/mol. The summed E-state index contributed by atoms with van der Waals surface area (Å²) in [5, 5.41) is 13.0. The number of aromatic nitrogens is 4. The molecule has 1 amide bonds. The molecule has 0 aliphatic rings. The van der Waals surface area contributed by atoms with Crippen molar-refractivity contribution in [3.8, 4) is 0 Å². The monoisotopic (exact) mass is 346 g/mol. The number of benzene rings is 1. The molecular weight excluding hydrogens is 332 g/mol. The third-order valence-electron chi connectivity index (χ3n) is 3.19. The molecule has 0 aliphatic heterocycles. The minimum atomic E-state index is -3.66. The van der Waals surface area contributed by atoms with Crippen LogP contribution in [-0.4, -0.2) is 41.3 Å². The van der Waals surface area contributed by atoms with Gasteiger partial charge in [-0.3, -0.25) is 9.78 Å². The fourth-order valence-electron chi connectivity index (χ4n) is 2.03. The summed E-state index contributed by atoms with van der Waals surface area (Å²) < 4.78 is 26.3. The van der Waals surface area contributed by atoms with Crippen molar-refractivity contribution in [1.29, 1.82) is 0 Å². The highest BCUT2D eigenvalue weighted by atomic mass is 32.2. The zero-order chi connectivity index (χ0) is 17.0. The molecule has 0 unspecified atom stereocenters. The fraction of sp³-hybridized carbons (Fsp3) is 0.143. The molecule has 1 aromatic carbocycles. The predicted octanol–water partition coefficient (Wildman–Crippen LogP) is 0.660. The summed E-state index contributed by atoms with van der Waals surface area (Å²) in [6.07, 6.45) is 2.73. The van der Waals surface area contributed by atoms with Gasteiger partial charge in [0.05, 0.1) is 0 Å². The second-order valence-electron chi connectivity index (χ2n) is 4.91. The van der Waals surface area contributed by atoms with E-state index < -0.39 is 10.0 Å². The Morgan fingerprint density at radius 3 is 2.79 bits per heavy atom. The van der Waals surface area contributed by atoms with Crippen LogP contribution in [0.2, 0.25) is 0 Å². The average Bonchev–Trinajstić information content (AvgIpc) is 3.03. The van der Waals surface area contributed by atoms with E-state index in [1.807, 2.05) is 0 Å². The Balaban J connectivity index is 1.54. The van der Waals surface area contributed by atoms with Crippen LogP contribution in [0.4, 0.5) is 5.69 Å². The van der Waals surface area contributed by atoms with Gasteiger partial charge in [-0.15, -0.1) is 0 Å². The van der Waals surface area contributed by atoms with E-state index in [9.17, 15) is 13.2 Å². The Labute approximate surface area is 137 Å². The maximum Gasteiger partial charge on any atom is 0.242 e. The van der Waals surface area contributed by atoms with Crippen LogP contribution in [0.15, 0.2) is 47.6 Å². The van der Waals surface area contributed by atoms with Crippen LogP contribution in [0.25, 0.3) is 11.0 Å². The Morgan fingerprint density at radius 2 is 2.00 bits per heavy atom. The number of carbonyl (C=O) groups is 1. The Bertz CT molecular complexity index is 955. The molecule has 124 valence electrons. The minimum Gasteiger partial charge on any atom is -0.326 e. The molecule has 0 bridgehead atoms. The van der Waals surface area contributed by atoms with Crippen LogP contribution in [0.1, 0.15) is 6.42 Å². The quantitative estimate of drug-likeness (QED) is 0.601. The number of fused-ring (bicyclic) bond motifs is 1. The molecule has 0 aliphatic carbocycles. The van der Waals surface area contributed by atoms with Crippen molar-refractivity contribution in [1.82, 2.24) is 25.1 Å². The zero-order valence-electron chi connectivity index (χ0n) is 12.4. The van der Waals surface area contributed by atoms with Crippen LogP contribution >= 0.6 is 0 Å². The number of pyridine rings is 1. The van der Waals surface area contributed by atoms with E-state index in [4.69, 9.17) is 0 Å². The number of hydrogen-bond acceptors (Lipinski definition) is 6. The lowest BCUT2D eigenvalue weighted by molar-refractivity contribution is -0.116. The first-order valence-corrected chi connectivity index (χ1v) is 8.53. The lowest BCUT2D eigenvalue weighted by atomic mass is 10.2. The molecule has 0 atom stereocenters. The van der Waals surface area contributed by atoms with E-state index in [0.29, 0.717) is 16.7 Å². The summed E-state index contributed by atoms with van der Waals surface area (Å²) in [5.41, 5.74) is 1.89. The third kappa shape index (κ3) is 3.73. The van der Waals surface area contributed by atoms with Crippen LogP contribution in [0.5, 0.6) is 0 Å². The largest absolute Gasteiger partial charge is 0.326 e. The summed E-state index contributed by atoms with van der Waals surface area (Å²) in [6.45, 7) is -0.0186. The molecule has 0 fully saturated rings. The molecule has 3 aromatic rings. The molecule has 24 heavy (non-hydrogen) atoms. The van der Waals surface area contributed by atoms with E-state index in [2.05, 4.69) is 30.4 Å². The maximum atomic E-state index is 12.0. The van der Waals surface area contributed by atoms with E-state index >= 15 is 0 Å². The standard InChI is InChI=1S/C14H14N6O3S/c21-14(17-10-3-4-12-13(8-10)19-20-18-12)5-7-16-24(22,23)11-2-1-6-15-9-11/h1-4,6,8-9,16H,5,7H2,(H,17,21)(H,18,19,20). The van der Waals surface area contributed by atoms with Gasteiger partial charge >= 0.3 is 0 Å². The Kier molecular flexibility index (Phi) is 4.49. The Morgan fingerprint density at radius 1 is 1.17 bits per heavy atom. The van der Waals surface area contributed by atoms with Gasteiger partial charge in [0, 0.05) is 31.0 Å². The topological polar surface area (TPSA) is 130 Å². The highest BCUT2D eigenvalue weighted by Gasteiger charge is 2.14. The van der Waals surface area contributed by atoms with Gasteiger partial charge in [-0.05, 0) is 30.3 Å². The number of amides is 1. The molecule has 3 N–H and O–H groups in total. The maximum absolute atomic E-state index is 12.0. The number of carbonyl (C=O) groups excluding carboxylic acids is 1. The number of nitrogens with zero attached hydrogens (tertiary/aromatic N) is 3. The number of sulfonamides is 1. The van der Waals surface area contributed by atoms with Crippen molar-refractivity contribution < 1.29 is 13.2 Å². The van der Waals surface area contributed by atoms with E-state index in [0.717, 1.165) is 0 Å². The van der Waals surface area contributed by atoms with Gasteiger partial charge in [-0.2, -0.15) is 15.4 Å². The van der Waals surface area contributed by atoms with E-state index in [1.54, 1.807) is 18.2 Å². The number of hydrogen-bond donors (Lipinski definition) is 3. The third-order valence-corrected chi connectivity index (χ3v) is 4.64. The molecule has 0 saturated carbocycles. The lowest BCUT2D eigenvalue weighted by Crippen LogP contribution is -2.27. The van der Waals surface area contributed by atoms with Crippen molar-refractivity contribution >= 4 is 32.7 Å². The fourth-order valence-corrected chi connectivity index (χ4v) is 3.02. The molecule has 3 rings (SSSR count). The second-order valence-corrected chi connectivity index (χ2v) is 6.68. The van der Waals surface area contributed by atoms with Gasteiger partial charge < -0.3 is 5.32 Å². The molecule has 2 aromatic heterocycles. The SMILES string of the molecule is O=C(CCNS(=O)(=O)c1cccnc1)Nc1ccc2n[nH]nc2c1. The minimum absolute atomic E-state index is 0.00363. The zero-order valence-corrected chi connectivity index (χ0v) is 13.2.